The highest BCUT2D eigenvalue weighted by molar-refractivity contribution is 7.99. The first-order valence-electron chi connectivity index (χ1n) is 5.80. The van der Waals surface area contributed by atoms with Gasteiger partial charge in [0.25, 0.3) is 5.91 Å². The molecule has 1 aliphatic heterocycles. The average molecular weight is 326 g/mol. The number of nitrogens with one attached hydrogen (secondary N) is 1. The van der Waals surface area contributed by atoms with E-state index in [2.05, 4.69) is 5.32 Å². The monoisotopic (exact) mass is 325 g/mol. The summed E-state index contributed by atoms with van der Waals surface area (Å²) in [6, 6.07) is 10.8. The van der Waals surface area contributed by atoms with Gasteiger partial charge in [0.1, 0.15) is 0 Å². The number of amides is 1. The van der Waals surface area contributed by atoms with Crippen LogP contribution >= 0.6 is 35.0 Å². The van der Waals surface area contributed by atoms with Crippen molar-refractivity contribution in [3.05, 3.63) is 52.0 Å². The van der Waals surface area contributed by atoms with Crippen LogP contribution in [0.1, 0.15) is 11.7 Å². The number of hydrogen-bond donors (Lipinski definition) is 2. The lowest BCUT2D eigenvalue weighted by atomic mass is 10.1. The summed E-state index contributed by atoms with van der Waals surface area (Å²) in [5, 5.41) is 13.3. The van der Waals surface area contributed by atoms with Crippen LogP contribution in [0.5, 0.6) is 0 Å². The molecule has 0 saturated heterocycles. The zero-order chi connectivity index (χ0) is 14.3. The van der Waals surface area contributed by atoms with Crippen molar-refractivity contribution in [2.24, 2.45) is 0 Å². The van der Waals surface area contributed by atoms with Gasteiger partial charge in [-0.3, -0.25) is 4.79 Å². The fourth-order valence-corrected chi connectivity index (χ4v) is 3.22. The van der Waals surface area contributed by atoms with Gasteiger partial charge in [-0.1, -0.05) is 41.0 Å². The molecule has 1 heterocycles. The number of fused-ring (bicyclic) bond motifs is 1. The zero-order valence-corrected chi connectivity index (χ0v) is 12.4. The third-order valence-corrected chi connectivity index (χ3v) is 4.67. The lowest BCUT2D eigenvalue weighted by Gasteiger charge is -2.06. The van der Waals surface area contributed by atoms with Crippen LogP contribution in [0.4, 0.5) is 5.69 Å². The Bertz CT molecular complexity index is 706. The molecule has 0 fully saturated rings. The van der Waals surface area contributed by atoms with Crippen molar-refractivity contribution in [1.29, 1.82) is 0 Å². The summed E-state index contributed by atoms with van der Waals surface area (Å²) in [7, 11) is 0. The minimum Gasteiger partial charge on any atom is -0.378 e. The molecule has 0 aromatic heterocycles. The van der Waals surface area contributed by atoms with Crippen molar-refractivity contribution >= 4 is 46.6 Å². The highest BCUT2D eigenvalue weighted by atomic mass is 35.5. The molecule has 3 nitrogen and oxygen atoms in total. The van der Waals surface area contributed by atoms with Gasteiger partial charge >= 0.3 is 0 Å². The normalized spacial score (nSPS) is 16.9. The molecule has 2 aromatic carbocycles. The molecule has 20 heavy (non-hydrogen) atoms. The highest BCUT2D eigenvalue weighted by Crippen LogP contribution is 2.37. The Morgan fingerprint density at radius 2 is 1.75 bits per heavy atom. The van der Waals surface area contributed by atoms with E-state index < -0.39 is 12.0 Å². The molecule has 2 aromatic rings. The molecule has 1 atom stereocenters. The fourth-order valence-electron chi connectivity index (χ4n) is 1.96. The summed E-state index contributed by atoms with van der Waals surface area (Å²) in [5.41, 5.74) is 1.25. The summed E-state index contributed by atoms with van der Waals surface area (Å²) in [6.07, 6.45) is -1.07. The van der Waals surface area contributed by atoms with Crippen molar-refractivity contribution in [3.8, 4) is 0 Å². The topological polar surface area (TPSA) is 49.3 Å². The Kier molecular flexibility index (Phi) is 3.65. The maximum absolute atomic E-state index is 11.4. The predicted molar refractivity (Wildman–Crippen MR) is 80.6 cm³/mol. The molecule has 1 unspecified atom stereocenters. The maximum atomic E-state index is 11.4. The maximum Gasteiger partial charge on any atom is 0.257 e. The smallest absolute Gasteiger partial charge is 0.257 e. The highest BCUT2D eigenvalue weighted by Gasteiger charge is 2.28. The van der Waals surface area contributed by atoms with Gasteiger partial charge < -0.3 is 10.4 Å². The van der Waals surface area contributed by atoms with Gasteiger partial charge in [-0.15, -0.1) is 0 Å². The largest absolute Gasteiger partial charge is 0.378 e. The number of benzene rings is 2. The van der Waals surface area contributed by atoms with Gasteiger partial charge in [-0.25, -0.2) is 0 Å². The summed E-state index contributed by atoms with van der Waals surface area (Å²) >= 11 is 13.4. The van der Waals surface area contributed by atoms with E-state index in [1.54, 1.807) is 18.2 Å². The predicted octanol–water partition coefficient (Wildman–Crippen LogP) is 4.13. The Hall–Kier alpha value is -1.20. The quantitative estimate of drug-likeness (QED) is 0.872. The molecule has 3 rings (SSSR count). The van der Waals surface area contributed by atoms with E-state index in [9.17, 15) is 9.90 Å². The van der Waals surface area contributed by atoms with E-state index in [-0.39, 0.29) is 0 Å². The van der Waals surface area contributed by atoms with E-state index >= 15 is 0 Å². The van der Waals surface area contributed by atoms with Crippen molar-refractivity contribution in [1.82, 2.24) is 0 Å². The van der Waals surface area contributed by atoms with E-state index in [4.69, 9.17) is 23.2 Å². The molecule has 6 heteroatoms. The van der Waals surface area contributed by atoms with Crippen LogP contribution in [-0.2, 0) is 4.79 Å². The summed E-state index contributed by atoms with van der Waals surface area (Å²) in [5.74, 6) is -0.392. The SMILES string of the molecule is O=C1Nc2cc(Sc3ccc(Cl)c(Cl)c3)ccc2C1O. The van der Waals surface area contributed by atoms with Crippen LogP contribution < -0.4 is 5.32 Å². The number of hydrogen-bond acceptors (Lipinski definition) is 3. The zero-order valence-electron chi connectivity index (χ0n) is 10.1. The minimum atomic E-state index is -1.07. The third-order valence-electron chi connectivity index (χ3n) is 2.95. The van der Waals surface area contributed by atoms with Crippen molar-refractivity contribution in [2.75, 3.05) is 5.32 Å². The molecule has 2 N–H and O–H groups in total. The molecule has 1 amide bonds. The molecular formula is C14H9Cl2NO2S. The first-order chi connectivity index (χ1) is 9.54. The van der Waals surface area contributed by atoms with Gasteiger partial charge in [-0.2, -0.15) is 0 Å². The number of anilines is 1. The van der Waals surface area contributed by atoms with Gasteiger partial charge in [-0.05, 0) is 30.3 Å². The van der Waals surface area contributed by atoms with E-state index in [1.807, 2.05) is 18.2 Å². The third kappa shape index (κ3) is 2.52. The second kappa shape index (κ2) is 5.30. The Morgan fingerprint density at radius 3 is 2.50 bits per heavy atom. The molecule has 0 radical (unpaired) electrons. The van der Waals surface area contributed by atoms with Crippen LogP contribution in [0, 0.1) is 0 Å². The Labute approximate surface area is 129 Å². The summed E-state index contributed by atoms with van der Waals surface area (Å²) in [4.78, 5) is 13.3. The lowest BCUT2D eigenvalue weighted by molar-refractivity contribution is -0.123. The molecule has 0 bridgehead atoms. The molecule has 0 saturated carbocycles. The number of halogens is 2. The van der Waals surface area contributed by atoms with Crippen molar-refractivity contribution in [2.45, 2.75) is 15.9 Å². The number of rotatable bonds is 2. The van der Waals surface area contributed by atoms with Crippen molar-refractivity contribution < 1.29 is 9.90 Å². The van der Waals surface area contributed by atoms with Crippen molar-refractivity contribution in [3.63, 3.8) is 0 Å². The van der Waals surface area contributed by atoms with Gasteiger partial charge in [0.15, 0.2) is 6.10 Å². The van der Waals surface area contributed by atoms with Crippen LogP contribution in [-0.4, -0.2) is 11.0 Å². The Balaban J connectivity index is 1.87. The number of carbonyl (C=O) groups is 1. The number of carbonyl (C=O) groups excluding carboxylic acids is 1. The standard InChI is InChI=1S/C14H9Cl2NO2S/c15-10-4-2-7(5-11(10)16)20-8-1-3-9-12(6-8)17-14(19)13(9)18/h1-6,13,18H,(H,17,19). The first-order valence-corrected chi connectivity index (χ1v) is 7.37. The van der Waals surface area contributed by atoms with Gasteiger partial charge in [0.05, 0.1) is 10.0 Å². The summed E-state index contributed by atoms with van der Waals surface area (Å²) in [6.45, 7) is 0. The van der Waals surface area contributed by atoms with Crippen LogP contribution in [0.2, 0.25) is 10.0 Å². The molecule has 0 spiro atoms. The van der Waals surface area contributed by atoms with E-state index in [1.165, 1.54) is 11.8 Å². The van der Waals surface area contributed by atoms with Gasteiger partial charge in [0, 0.05) is 21.0 Å². The van der Waals surface area contributed by atoms with E-state index in [0.29, 0.717) is 21.3 Å². The van der Waals surface area contributed by atoms with Gasteiger partial charge in [0.2, 0.25) is 0 Å². The molecule has 0 aliphatic carbocycles. The Morgan fingerprint density at radius 1 is 1.05 bits per heavy atom. The summed E-state index contributed by atoms with van der Waals surface area (Å²) < 4.78 is 0. The van der Waals surface area contributed by atoms with Crippen LogP contribution in [0.3, 0.4) is 0 Å². The average Bonchev–Trinajstić information content (AvgIpc) is 2.69. The lowest BCUT2D eigenvalue weighted by Crippen LogP contribution is -2.10. The number of aliphatic hydroxyl groups excluding tert-OH is 1. The van der Waals surface area contributed by atoms with E-state index in [0.717, 1.165) is 9.79 Å². The molecule has 102 valence electrons. The number of aliphatic hydroxyl groups is 1. The molecular weight excluding hydrogens is 317 g/mol. The molecule has 1 aliphatic rings. The second-order valence-corrected chi connectivity index (χ2v) is 6.28. The van der Waals surface area contributed by atoms with Crippen LogP contribution in [0.25, 0.3) is 0 Å². The second-order valence-electron chi connectivity index (χ2n) is 4.32. The van der Waals surface area contributed by atoms with Crippen LogP contribution in [0.15, 0.2) is 46.2 Å². The fraction of sp³-hybridized carbons (Fsp3) is 0.0714. The minimum absolute atomic E-state index is 0.392. The first kappa shape index (κ1) is 13.8.